The number of anilines is 1. The normalized spacial score (nSPS) is 13.1. The summed E-state index contributed by atoms with van der Waals surface area (Å²) in [5.41, 5.74) is 1.94. The number of para-hydroxylation sites is 1. The van der Waals surface area contributed by atoms with Crippen molar-refractivity contribution in [3.05, 3.63) is 77.9 Å². The maximum Gasteiger partial charge on any atom is 0.261 e. The van der Waals surface area contributed by atoms with Gasteiger partial charge in [-0.1, -0.05) is 42.5 Å². The SMILES string of the molecule is CCN(C(=O)CCCN1C(=O)c2cccc3cccc(c23)C1=O)c1ccccc1. The fourth-order valence-electron chi connectivity index (χ4n) is 3.92. The van der Waals surface area contributed by atoms with Gasteiger partial charge in [0.15, 0.2) is 0 Å². The standard InChI is InChI=1S/C24H22N2O3/c1-2-25(18-11-4-3-5-12-18)21(27)15-8-16-26-23(28)19-13-6-9-17-10-7-14-20(22(17)19)24(26)29/h3-7,9-14H,2,8,15-16H2,1H3. The molecule has 29 heavy (non-hydrogen) atoms. The van der Waals surface area contributed by atoms with Crippen molar-refractivity contribution in [2.45, 2.75) is 19.8 Å². The van der Waals surface area contributed by atoms with E-state index in [0.717, 1.165) is 16.5 Å². The number of imide groups is 1. The van der Waals surface area contributed by atoms with Gasteiger partial charge >= 0.3 is 0 Å². The number of amides is 3. The summed E-state index contributed by atoms with van der Waals surface area (Å²) >= 11 is 0. The quantitative estimate of drug-likeness (QED) is 0.595. The summed E-state index contributed by atoms with van der Waals surface area (Å²) < 4.78 is 0. The molecule has 3 aromatic rings. The Balaban J connectivity index is 1.47. The highest BCUT2D eigenvalue weighted by Crippen LogP contribution is 2.30. The first-order valence-electron chi connectivity index (χ1n) is 9.85. The average Bonchev–Trinajstić information content (AvgIpc) is 2.75. The van der Waals surface area contributed by atoms with Gasteiger partial charge in [-0.25, -0.2) is 0 Å². The van der Waals surface area contributed by atoms with Gasteiger partial charge in [-0.05, 0) is 43.0 Å². The van der Waals surface area contributed by atoms with Crippen molar-refractivity contribution in [2.75, 3.05) is 18.0 Å². The monoisotopic (exact) mass is 386 g/mol. The minimum absolute atomic E-state index is 0.0156. The maximum atomic E-state index is 12.9. The molecule has 3 amide bonds. The van der Waals surface area contributed by atoms with Crippen LogP contribution in [0.2, 0.25) is 0 Å². The number of carbonyl (C=O) groups excluding carboxylic acids is 3. The van der Waals surface area contributed by atoms with E-state index in [4.69, 9.17) is 0 Å². The average molecular weight is 386 g/mol. The maximum absolute atomic E-state index is 12.9. The van der Waals surface area contributed by atoms with Crippen LogP contribution in [0.5, 0.6) is 0 Å². The summed E-state index contributed by atoms with van der Waals surface area (Å²) in [6, 6.07) is 20.5. The first-order chi connectivity index (χ1) is 14.1. The Kier molecular flexibility index (Phi) is 5.12. The van der Waals surface area contributed by atoms with Gasteiger partial charge in [-0.2, -0.15) is 0 Å². The highest BCUT2D eigenvalue weighted by molar-refractivity contribution is 6.25. The van der Waals surface area contributed by atoms with E-state index < -0.39 is 0 Å². The third-order valence-electron chi connectivity index (χ3n) is 5.31. The van der Waals surface area contributed by atoms with E-state index in [0.29, 0.717) is 24.1 Å². The van der Waals surface area contributed by atoms with Crippen molar-refractivity contribution in [1.29, 1.82) is 0 Å². The van der Waals surface area contributed by atoms with Crippen LogP contribution in [0.4, 0.5) is 5.69 Å². The lowest BCUT2D eigenvalue weighted by atomic mass is 9.94. The topological polar surface area (TPSA) is 57.7 Å². The molecule has 1 aliphatic heterocycles. The van der Waals surface area contributed by atoms with E-state index in [9.17, 15) is 14.4 Å². The zero-order chi connectivity index (χ0) is 20.4. The van der Waals surface area contributed by atoms with Crippen LogP contribution < -0.4 is 4.90 Å². The number of rotatable bonds is 6. The van der Waals surface area contributed by atoms with E-state index in [1.54, 1.807) is 17.0 Å². The third-order valence-corrected chi connectivity index (χ3v) is 5.31. The van der Waals surface area contributed by atoms with Gasteiger partial charge in [0.05, 0.1) is 0 Å². The predicted octanol–water partition coefficient (Wildman–Crippen LogP) is 4.27. The lowest BCUT2D eigenvalue weighted by molar-refractivity contribution is -0.118. The van der Waals surface area contributed by atoms with Crippen LogP contribution in [0.25, 0.3) is 10.8 Å². The summed E-state index contributed by atoms with van der Waals surface area (Å²) in [5.74, 6) is -0.595. The lowest BCUT2D eigenvalue weighted by Gasteiger charge is -2.27. The van der Waals surface area contributed by atoms with Gasteiger partial charge in [-0.15, -0.1) is 0 Å². The summed E-state index contributed by atoms with van der Waals surface area (Å²) in [5, 5.41) is 1.61. The van der Waals surface area contributed by atoms with Gasteiger partial charge in [0.1, 0.15) is 0 Å². The van der Waals surface area contributed by atoms with Gasteiger partial charge in [-0.3, -0.25) is 19.3 Å². The second-order valence-electron chi connectivity index (χ2n) is 7.05. The molecular weight excluding hydrogens is 364 g/mol. The zero-order valence-electron chi connectivity index (χ0n) is 16.3. The molecule has 0 radical (unpaired) electrons. The molecule has 0 bridgehead atoms. The molecule has 0 saturated heterocycles. The van der Waals surface area contributed by atoms with E-state index >= 15 is 0 Å². The minimum atomic E-state index is -0.290. The largest absolute Gasteiger partial charge is 0.313 e. The molecule has 0 spiro atoms. The van der Waals surface area contributed by atoms with Crippen LogP contribution in [-0.4, -0.2) is 35.7 Å². The van der Waals surface area contributed by atoms with Crippen LogP contribution >= 0.6 is 0 Å². The van der Waals surface area contributed by atoms with E-state index in [1.807, 2.05) is 61.5 Å². The molecule has 0 atom stereocenters. The molecule has 146 valence electrons. The molecule has 1 aliphatic rings. The molecular formula is C24H22N2O3. The molecule has 0 N–H and O–H groups in total. The van der Waals surface area contributed by atoms with Crippen molar-refractivity contribution in [3.63, 3.8) is 0 Å². The molecule has 1 heterocycles. The Morgan fingerprint density at radius 3 is 2.07 bits per heavy atom. The Bertz CT molecular complexity index is 1040. The number of hydrogen-bond donors (Lipinski definition) is 0. The van der Waals surface area contributed by atoms with Crippen molar-refractivity contribution >= 4 is 34.2 Å². The molecule has 0 aliphatic carbocycles. The fourth-order valence-corrected chi connectivity index (χ4v) is 3.92. The zero-order valence-corrected chi connectivity index (χ0v) is 16.3. The first kappa shape index (κ1) is 18.9. The van der Waals surface area contributed by atoms with Crippen LogP contribution in [0, 0.1) is 0 Å². The molecule has 0 unspecified atom stereocenters. The van der Waals surface area contributed by atoms with Crippen molar-refractivity contribution in [1.82, 2.24) is 4.90 Å². The molecule has 4 rings (SSSR count). The highest BCUT2D eigenvalue weighted by Gasteiger charge is 2.32. The Labute approximate surface area is 169 Å². The van der Waals surface area contributed by atoms with Crippen LogP contribution in [0.15, 0.2) is 66.7 Å². The number of hydrogen-bond acceptors (Lipinski definition) is 3. The van der Waals surface area contributed by atoms with Crippen molar-refractivity contribution in [2.24, 2.45) is 0 Å². The van der Waals surface area contributed by atoms with Gasteiger partial charge in [0.25, 0.3) is 11.8 Å². The molecule has 0 saturated carbocycles. The van der Waals surface area contributed by atoms with Gasteiger partial charge < -0.3 is 4.90 Å². The van der Waals surface area contributed by atoms with Crippen molar-refractivity contribution < 1.29 is 14.4 Å². The van der Waals surface area contributed by atoms with Gasteiger partial charge in [0.2, 0.25) is 5.91 Å². The molecule has 0 aromatic heterocycles. The molecule has 3 aromatic carbocycles. The van der Waals surface area contributed by atoms with Gasteiger partial charge in [0, 0.05) is 41.7 Å². The lowest BCUT2D eigenvalue weighted by Crippen LogP contribution is -2.41. The Morgan fingerprint density at radius 2 is 1.48 bits per heavy atom. The van der Waals surface area contributed by atoms with Crippen LogP contribution in [0.1, 0.15) is 40.5 Å². The second kappa shape index (κ2) is 7.87. The highest BCUT2D eigenvalue weighted by atomic mass is 16.2. The number of carbonyl (C=O) groups is 3. The molecule has 0 fully saturated rings. The summed E-state index contributed by atoms with van der Waals surface area (Å²) in [6.45, 7) is 2.72. The fraction of sp³-hybridized carbons (Fsp3) is 0.208. The number of nitrogens with zero attached hydrogens (tertiary/aromatic N) is 2. The summed E-state index contributed by atoms with van der Waals surface area (Å²) in [7, 11) is 0. The van der Waals surface area contributed by atoms with E-state index in [1.165, 1.54) is 4.90 Å². The minimum Gasteiger partial charge on any atom is -0.313 e. The van der Waals surface area contributed by atoms with Crippen molar-refractivity contribution in [3.8, 4) is 0 Å². The smallest absolute Gasteiger partial charge is 0.261 e. The molecule has 5 heteroatoms. The molecule has 5 nitrogen and oxygen atoms in total. The van der Waals surface area contributed by atoms with E-state index in [-0.39, 0.29) is 30.7 Å². The number of benzene rings is 3. The Hall–Kier alpha value is -3.47. The predicted molar refractivity (Wildman–Crippen MR) is 113 cm³/mol. The van der Waals surface area contributed by atoms with Crippen LogP contribution in [-0.2, 0) is 4.79 Å². The Morgan fingerprint density at radius 1 is 0.862 bits per heavy atom. The first-order valence-corrected chi connectivity index (χ1v) is 9.85. The van der Waals surface area contributed by atoms with E-state index in [2.05, 4.69) is 0 Å². The van der Waals surface area contributed by atoms with Crippen LogP contribution in [0.3, 0.4) is 0 Å². The summed E-state index contributed by atoms with van der Waals surface area (Å²) in [6.07, 6.45) is 0.698. The third kappa shape index (κ3) is 3.40. The summed E-state index contributed by atoms with van der Waals surface area (Å²) in [4.78, 5) is 41.5. The second-order valence-corrected chi connectivity index (χ2v) is 7.05.